The van der Waals surface area contributed by atoms with E-state index in [1.54, 1.807) is 15.8 Å². The zero-order valence-corrected chi connectivity index (χ0v) is 15.0. The van der Waals surface area contributed by atoms with Gasteiger partial charge in [-0.25, -0.2) is 0 Å². The van der Waals surface area contributed by atoms with Gasteiger partial charge in [0.05, 0.1) is 24.7 Å². The van der Waals surface area contributed by atoms with Crippen molar-refractivity contribution in [1.82, 2.24) is 14.7 Å². The maximum absolute atomic E-state index is 12.9. The van der Waals surface area contributed by atoms with Crippen molar-refractivity contribution in [3.8, 4) is 0 Å². The average Bonchev–Trinajstić information content (AvgIpc) is 2.92. The van der Waals surface area contributed by atoms with Gasteiger partial charge < -0.3 is 10.0 Å². The van der Waals surface area contributed by atoms with Gasteiger partial charge in [0.2, 0.25) is 0 Å². The van der Waals surface area contributed by atoms with Gasteiger partial charge in [-0.2, -0.15) is 5.10 Å². The van der Waals surface area contributed by atoms with Gasteiger partial charge in [0.25, 0.3) is 5.91 Å². The lowest BCUT2D eigenvalue weighted by molar-refractivity contribution is -0.137. The molecular formula is C19H25N3O3. The number of carboxylic acid groups (broad SMARTS) is 1. The van der Waals surface area contributed by atoms with E-state index >= 15 is 0 Å². The largest absolute Gasteiger partial charge is 0.481 e. The maximum Gasteiger partial charge on any atom is 0.305 e. The molecule has 2 aromatic rings. The standard InChI is InChI=1S/C19H25N3O3/c1-14(2)12-21(10-9-18(23)24)19(25)17-11-20-22(15(17)3)13-16-7-5-4-6-8-16/h4-8,11,14H,9-10,12-13H2,1-3H3,(H,23,24). The fourth-order valence-electron chi connectivity index (χ4n) is 2.69. The van der Waals surface area contributed by atoms with Crippen molar-refractivity contribution in [2.24, 2.45) is 5.92 Å². The molecule has 0 saturated heterocycles. The first-order valence-electron chi connectivity index (χ1n) is 8.46. The van der Waals surface area contributed by atoms with Crippen LogP contribution in [0.5, 0.6) is 0 Å². The number of hydrogen-bond donors (Lipinski definition) is 1. The summed E-state index contributed by atoms with van der Waals surface area (Å²) >= 11 is 0. The van der Waals surface area contributed by atoms with Crippen LogP contribution in [0.3, 0.4) is 0 Å². The first-order valence-corrected chi connectivity index (χ1v) is 8.46. The molecule has 0 aliphatic heterocycles. The van der Waals surface area contributed by atoms with Crippen LogP contribution in [0.15, 0.2) is 36.5 Å². The number of aromatic nitrogens is 2. The van der Waals surface area contributed by atoms with Crippen molar-refractivity contribution in [2.45, 2.75) is 33.7 Å². The van der Waals surface area contributed by atoms with Crippen LogP contribution in [0.1, 0.15) is 41.9 Å². The number of rotatable bonds is 8. The molecule has 1 aromatic carbocycles. The fourth-order valence-corrected chi connectivity index (χ4v) is 2.69. The van der Waals surface area contributed by atoms with Crippen LogP contribution in [0.25, 0.3) is 0 Å². The molecule has 0 atom stereocenters. The summed E-state index contributed by atoms with van der Waals surface area (Å²) in [5.41, 5.74) is 2.43. The Labute approximate surface area is 148 Å². The second-order valence-corrected chi connectivity index (χ2v) is 6.58. The highest BCUT2D eigenvalue weighted by molar-refractivity contribution is 5.95. The van der Waals surface area contributed by atoms with Crippen molar-refractivity contribution < 1.29 is 14.7 Å². The first-order chi connectivity index (χ1) is 11.9. The molecule has 0 unspecified atom stereocenters. The lowest BCUT2D eigenvalue weighted by Crippen LogP contribution is -2.36. The minimum atomic E-state index is -0.905. The maximum atomic E-state index is 12.9. The Kier molecular flexibility index (Phi) is 6.33. The molecule has 1 N–H and O–H groups in total. The Morgan fingerprint density at radius 3 is 2.52 bits per heavy atom. The van der Waals surface area contributed by atoms with Gasteiger partial charge in [0.15, 0.2) is 0 Å². The van der Waals surface area contributed by atoms with Crippen molar-refractivity contribution in [3.63, 3.8) is 0 Å². The van der Waals surface area contributed by atoms with E-state index in [2.05, 4.69) is 5.10 Å². The fraction of sp³-hybridized carbons (Fsp3) is 0.421. The molecule has 0 fully saturated rings. The summed E-state index contributed by atoms with van der Waals surface area (Å²) in [6.45, 7) is 7.21. The Morgan fingerprint density at radius 1 is 1.24 bits per heavy atom. The summed E-state index contributed by atoms with van der Waals surface area (Å²) in [5, 5.41) is 13.3. The topological polar surface area (TPSA) is 75.4 Å². The second-order valence-electron chi connectivity index (χ2n) is 6.58. The van der Waals surface area contributed by atoms with Gasteiger partial charge in [-0.05, 0) is 18.4 Å². The van der Waals surface area contributed by atoms with E-state index in [4.69, 9.17) is 5.11 Å². The van der Waals surface area contributed by atoms with Crippen molar-refractivity contribution in [3.05, 3.63) is 53.3 Å². The number of carbonyl (C=O) groups excluding carboxylic acids is 1. The summed E-state index contributed by atoms with van der Waals surface area (Å²) < 4.78 is 1.80. The van der Waals surface area contributed by atoms with Gasteiger partial charge in [-0.15, -0.1) is 0 Å². The molecule has 0 bridgehead atoms. The molecule has 2 rings (SSSR count). The van der Waals surface area contributed by atoms with Gasteiger partial charge in [-0.3, -0.25) is 14.3 Å². The molecular weight excluding hydrogens is 318 g/mol. The zero-order valence-electron chi connectivity index (χ0n) is 15.0. The molecule has 0 spiro atoms. The van der Waals surface area contributed by atoms with Crippen LogP contribution in [0.4, 0.5) is 0 Å². The van der Waals surface area contributed by atoms with E-state index in [0.29, 0.717) is 18.7 Å². The van der Waals surface area contributed by atoms with Crippen molar-refractivity contribution in [2.75, 3.05) is 13.1 Å². The van der Waals surface area contributed by atoms with E-state index < -0.39 is 5.97 Å². The Hall–Kier alpha value is -2.63. The van der Waals surface area contributed by atoms with Crippen molar-refractivity contribution in [1.29, 1.82) is 0 Å². The van der Waals surface area contributed by atoms with Crippen LogP contribution in [0.2, 0.25) is 0 Å². The minimum absolute atomic E-state index is 0.0599. The summed E-state index contributed by atoms with van der Waals surface area (Å²) in [6.07, 6.45) is 1.52. The SMILES string of the molecule is Cc1c(C(=O)N(CCC(=O)O)CC(C)C)cnn1Cc1ccccc1. The molecule has 1 amide bonds. The Bertz CT molecular complexity index is 723. The predicted molar refractivity (Wildman–Crippen MR) is 95.5 cm³/mol. The monoisotopic (exact) mass is 343 g/mol. The van der Waals surface area contributed by atoms with E-state index in [9.17, 15) is 9.59 Å². The van der Waals surface area contributed by atoms with E-state index in [1.807, 2.05) is 51.1 Å². The number of nitrogens with zero attached hydrogens (tertiary/aromatic N) is 3. The van der Waals surface area contributed by atoms with Gasteiger partial charge in [0.1, 0.15) is 0 Å². The van der Waals surface area contributed by atoms with Gasteiger partial charge in [-0.1, -0.05) is 44.2 Å². The predicted octanol–water partition coefficient (Wildman–Crippen LogP) is 2.81. The van der Waals surface area contributed by atoms with Crippen LogP contribution < -0.4 is 0 Å². The molecule has 0 saturated carbocycles. The van der Waals surface area contributed by atoms with Crippen LogP contribution in [-0.2, 0) is 11.3 Å². The van der Waals surface area contributed by atoms with Crippen molar-refractivity contribution >= 4 is 11.9 Å². The highest BCUT2D eigenvalue weighted by atomic mass is 16.4. The number of benzene rings is 1. The summed E-state index contributed by atoms with van der Waals surface area (Å²) in [7, 11) is 0. The third-order valence-corrected chi connectivity index (χ3v) is 3.98. The molecule has 25 heavy (non-hydrogen) atoms. The Morgan fingerprint density at radius 2 is 1.92 bits per heavy atom. The summed E-state index contributed by atoms with van der Waals surface area (Å²) in [4.78, 5) is 25.3. The van der Waals surface area contributed by atoms with E-state index in [0.717, 1.165) is 11.3 Å². The highest BCUT2D eigenvalue weighted by Crippen LogP contribution is 2.14. The second kappa shape index (κ2) is 8.46. The summed E-state index contributed by atoms with van der Waals surface area (Å²) in [6, 6.07) is 9.93. The quantitative estimate of drug-likeness (QED) is 0.800. The number of carboxylic acids is 1. The average molecular weight is 343 g/mol. The van der Waals surface area contributed by atoms with Crippen LogP contribution in [0, 0.1) is 12.8 Å². The highest BCUT2D eigenvalue weighted by Gasteiger charge is 2.22. The molecule has 134 valence electrons. The molecule has 1 heterocycles. The molecule has 0 radical (unpaired) electrons. The number of aliphatic carboxylic acids is 1. The zero-order chi connectivity index (χ0) is 18.4. The smallest absolute Gasteiger partial charge is 0.305 e. The van der Waals surface area contributed by atoms with Crippen LogP contribution in [-0.4, -0.2) is 44.8 Å². The van der Waals surface area contributed by atoms with E-state index in [-0.39, 0.29) is 24.8 Å². The molecule has 6 nitrogen and oxygen atoms in total. The lowest BCUT2D eigenvalue weighted by atomic mass is 10.1. The first kappa shape index (κ1) is 18.7. The van der Waals surface area contributed by atoms with Gasteiger partial charge in [0, 0.05) is 18.8 Å². The minimum Gasteiger partial charge on any atom is -0.481 e. The molecule has 6 heteroatoms. The number of carbonyl (C=O) groups is 2. The van der Waals surface area contributed by atoms with E-state index in [1.165, 1.54) is 0 Å². The Balaban J connectivity index is 2.17. The van der Waals surface area contributed by atoms with Gasteiger partial charge >= 0.3 is 5.97 Å². The molecule has 0 aliphatic rings. The normalized spacial score (nSPS) is 10.9. The van der Waals surface area contributed by atoms with Crippen LogP contribution >= 0.6 is 0 Å². The lowest BCUT2D eigenvalue weighted by Gasteiger charge is -2.24. The number of hydrogen-bond acceptors (Lipinski definition) is 3. The third kappa shape index (κ3) is 5.17. The third-order valence-electron chi connectivity index (χ3n) is 3.98. The molecule has 1 aromatic heterocycles. The molecule has 0 aliphatic carbocycles. The summed E-state index contributed by atoms with van der Waals surface area (Å²) in [5.74, 6) is -0.803. The number of amides is 1.